The predicted octanol–water partition coefficient (Wildman–Crippen LogP) is 13.4. The van der Waals surface area contributed by atoms with Crippen LogP contribution in [0.1, 0.15) is 39.5 Å². The molecular weight excluding hydrogens is 835 g/mol. The van der Waals surface area contributed by atoms with E-state index in [1.54, 1.807) is 0 Å². The summed E-state index contributed by atoms with van der Waals surface area (Å²) in [6, 6.07) is 8.79. The maximum absolute atomic E-state index is 16.0. The quantitative estimate of drug-likeness (QED) is 0.166. The van der Waals surface area contributed by atoms with Gasteiger partial charge in [0.1, 0.15) is 17.2 Å². The van der Waals surface area contributed by atoms with Gasteiger partial charge in [0.05, 0.1) is 55.7 Å². The van der Waals surface area contributed by atoms with Gasteiger partial charge >= 0.3 is 30.9 Å². The van der Waals surface area contributed by atoms with Gasteiger partial charge in [0.25, 0.3) is 0 Å². The first kappa shape index (κ1) is 40.4. The molecule has 0 spiro atoms. The molecule has 0 bridgehead atoms. The molecule has 0 aliphatic heterocycles. The van der Waals surface area contributed by atoms with Crippen LogP contribution in [-0.4, -0.2) is 24.1 Å². The van der Waals surface area contributed by atoms with Crippen LogP contribution in [0.4, 0.5) is 65.9 Å². The van der Waals surface area contributed by atoms with Crippen LogP contribution in [0, 0.1) is 13.8 Å². The number of hydrogen-bond donors (Lipinski definition) is 0. The number of halogens is 15. The van der Waals surface area contributed by atoms with Crippen molar-refractivity contribution in [1.82, 2.24) is 24.1 Å². The van der Waals surface area contributed by atoms with Crippen LogP contribution in [0.2, 0.25) is 0 Å². The van der Waals surface area contributed by atoms with Crippen molar-refractivity contribution in [2.75, 3.05) is 0 Å². The highest BCUT2D eigenvalue weighted by atomic mass is 19.4. The molecule has 0 atom stereocenters. The predicted molar refractivity (Wildman–Crippen MR) is 188 cm³/mol. The Morgan fingerprint density at radius 2 is 0.650 bits per heavy atom. The minimum atomic E-state index is -5.69. The maximum atomic E-state index is 16.0. The van der Waals surface area contributed by atoms with Crippen LogP contribution in [-0.2, 0) is 30.9 Å². The molecule has 8 aromatic rings. The van der Waals surface area contributed by atoms with Gasteiger partial charge in [-0.25, -0.2) is 15.0 Å². The van der Waals surface area contributed by atoms with Gasteiger partial charge in [-0.2, -0.15) is 65.9 Å². The number of aryl methyl sites for hydroxylation is 2. The van der Waals surface area contributed by atoms with E-state index in [-0.39, 0.29) is 33.2 Å². The Balaban J connectivity index is 1.65. The van der Waals surface area contributed by atoms with Gasteiger partial charge in [0.15, 0.2) is 5.82 Å². The van der Waals surface area contributed by atoms with Crippen LogP contribution in [0.15, 0.2) is 84.9 Å². The molecule has 0 unspecified atom stereocenters. The molecule has 3 aromatic heterocycles. The lowest BCUT2D eigenvalue weighted by atomic mass is 10.0. The van der Waals surface area contributed by atoms with E-state index in [0.29, 0.717) is 57.7 Å². The highest BCUT2D eigenvalue weighted by molar-refractivity contribution is 6.11. The van der Waals surface area contributed by atoms with Crippen LogP contribution in [0.5, 0.6) is 0 Å². The molecule has 20 heteroatoms. The third kappa shape index (κ3) is 6.80. The van der Waals surface area contributed by atoms with Crippen molar-refractivity contribution in [3.63, 3.8) is 0 Å². The normalized spacial score (nSPS) is 13.4. The molecule has 0 saturated heterocycles. The van der Waals surface area contributed by atoms with E-state index < -0.39 is 104 Å². The molecule has 5 aromatic carbocycles. The van der Waals surface area contributed by atoms with Gasteiger partial charge in [0, 0.05) is 27.1 Å². The summed E-state index contributed by atoms with van der Waals surface area (Å²) in [5.41, 5.74) is -13.0. The Kier molecular flexibility index (Phi) is 8.82. The number of aromatic nitrogens is 5. The minimum absolute atomic E-state index is 0.0106. The molecule has 8 rings (SSSR count). The van der Waals surface area contributed by atoms with Crippen molar-refractivity contribution >= 4 is 43.6 Å². The number of alkyl halides is 15. The lowest BCUT2D eigenvalue weighted by molar-refractivity contribution is -0.138. The first-order valence-electron chi connectivity index (χ1n) is 17.1. The Morgan fingerprint density at radius 1 is 0.367 bits per heavy atom. The fourth-order valence-corrected chi connectivity index (χ4v) is 7.39. The first-order chi connectivity index (χ1) is 27.7. The standard InChI is InChI=1S/C40H20F15N5/c1-17-56-18(2)58-35(57-17)19-11-32(59-28-13-20(36(41,42)43)3-7-24(28)25-8-4-21(14-29(25)59)37(44,45)46)34(40(53,54)55)33(12-19)60-30-15-22(38(47,48)49)5-9-26(30)27-10-6-23(16-31(27)60)39(50,51)52/h3-16H,1-2H3. The lowest BCUT2D eigenvalue weighted by Crippen LogP contribution is -2.17. The summed E-state index contributed by atoms with van der Waals surface area (Å²) >= 11 is 0. The summed E-state index contributed by atoms with van der Waals surface area (Å²) in [6.45, 7) is 2.72. The van der Waals surface area contributed by atoms with Crippen LogP contribution >= 0.6 is 0 Å². The monoisotopic (exact) mass is 855 g/mol. The molecule has 5 nitrogen and oxygen atoms in total. The average molecular weight is 856 g/mol. The zero-order valence-electron chi connectivity index (χ0n) is 30.0. The van der Waals surface area contributed by atoms with Gasteiger partial charge in [-0.05, 0) is 74.5 Å². The number of fused-ring (bicyclic) bond motifs is 6. The number of rotatable bonds is 3. The van der Waals surface area contributed by atoms with E-state index in [1.165, 1.54) is 13.8 Å². The SMILES string of the molecule is Cc1nc(C)nc(-c2cc(-n3c4cc(C(F)(F)F)ccc4c4ccc(C(F)(F)F)cc43)c(C(F)(F)F)c(-n3c4cc(C(F)(F)F)ccc4c4ccc(C(F)(F)F)cc43)c2)n1. The summed E-state index contributed by atoms with van der Waals surface area (Å²) < 4.78 is 220. The molecule has 0 aliphatic carbocycles. The summed E-state index contributed by atoms with van der Waals surface area (Å²) in [6.07, 6.45) is -26.2. The topological polar surface area (TPSA) is 48.5 Å². The van der Waals surface area contributed by atoms with Crippen LogP contribution in [0.3, 0.4) is 0 Å². The van der Waals surface area contributed by atoms with Gasteiger partial charge in [-0.3, -0.25) is 0 Å². The lowest BCUT2D eigenvalue weighted by Gasteiger charge is -2.23. The summed E-state index contributed by atoms with van der Waals surface area (Å²) in [7, 11) is 0. The van der Waals surface area contributed by atoms with E-state index >= 15 is 13.2 Å². The Hall–Kier alpha value is -6.34. The molecular formula is C40H20F15N5. The molecule has 3 heterocycles. The molecule has 0 N–H and O–H groups in total. The van der Waals surface area contributed by atoms with Crippen LogP contribution in [0.25, 0.3) is 66.4 Å². The second-order valence-corrected chi connectivity index (χ2v) is 13.7. The molecule has 310 valence electrons. The van der Waals surface area contributed by atoms with E-state index in [4.69, 9.17) is 0 Å². The number of benzene rings is 5. The van der Waals surface area contributed by atoms with Gasteiger partial charge in [0.2, 0.25) is 0 Å². The zero-order chi connectivity index (χ0) is 43.6. The number of nitrogens with zero attached hydrogens (tertiary/aromatic N) is 5. The van der Waals surface area contributed by atoms with E-state index in [2.05, 4.69) is 15.0 Å². The van der Waals surface area contributed by atoms with Crippen molar-refractivity contribution < 1.29 is 65.9 Å². The van der Waals surface area contributed by atoms with Gasteiger partial charge < -0.3 is 9.13 Å². The fraction of sp³-hybridized carbons (Fsp3) is 0.175. The zero-order valence-corrected chi connectivity index (χ0v) is 30.0. The molecule has 0 aliphatic rings. The minimum Gasteiger partial charge on any atom is -0.308 e. The third-order valence-corrected chi connectivity index (χ3v) is 9.82. The second-order valence-electron chi connectivity index (χ2n) is 13.7. The van der Waals surface area contributed by atoms with Crippen molar-refractivity contribution in [1.29, 1.82) is 0 Å². The Bertz CT molecular complexity index is 2720. The van der Waals surface area contributed by atoms with E-state index in [1.807, 2.05) is 0 Å². The first-order valence-corrected chi connectivity index (χ1v) is 17.1. The molecule has 0 fully saturated rings. The largest absolute Gasteiger partial charge is 0.420 e. The van der Waals surface area contributed by atoms with Gasteiger partial charge in [-0.1, -0.05) is 24.3 Å². The van der Waals surface area contributed by atoms with Crippen LogP contribution < -0.4 is 0 Å². The molecule has 0 radical (unpaired) electrons. The smallest absolute Gasteiger partial charge is 0.308 e. The molecule has 60 heavy (non-hydrogen) atoms. The summed E-state index contributed by atoms with van der Waals surface area (Å²) in [4.78, 5) is 12.3. The average Bonchev–Trinajstić information content (AvgIpc) is 3.63. The number of hydrogen-bond acceptors (Lipinski definition) is 3. The Labute approximate surface area is 325 Å². The highest BCUT2D eigenvalue weighted by Gasteiger charge is 2.42. The fourth-order valence-electron chi connectivity index (χ4n) is 7.39. The molecule has 0 saturated carbocycles. The van der Waals surface area contributed by atoms with Crippen molar-refractivity contribution in [3.8, 4) is 22.8 Å². The van der Waals surface area contributed by atoms with Crippen molar-refractivity contribution in [2.45, 2.75) is 44.7 Å². The highest BCUT2D eigenvalue weighted by Crippen LogP contribution is 2.48. The van der Waals surface area contributed by atoms with E-state index in [0.717, 1.165) is 36.4 Å². The van der Waals surface area contributed by atoms with Gasteiger partial charge in [-0.15, -0.1) is 0 Å². The summed E-state index contributed by atoms with van der Waals surface area (Å²) in [5, 5.41) is -0.944. The summed E-state index contributed by atoms with van der Waals surface area (Å²) in [5.74, 6) is -0.427. The molecule has 0 amide bonds. The van der Waals surface area contributed by atoms with Crippen molar-refractivity contribution in [3.05, 3.63) is 124 Å². The van der Waals surface area contributed by atoms with Crippen molar-refractivity contribution in [2.24, 2.45) is 0 Å². The maximum Gasteiger partial charge on any atom is 0.420 e. The Morgan fingerprint density at radius 3 is 0.900 bits per heavy atom. The van der Waals surface area contributed by atoms with E-state index in [9.17, 15) is 52.7 Å². The second kappa shape index (κ2) is 13.1. The third-order valence-electron chi connectivity index (χ3n) is 9.82.